The van der Waals surface area contributed by atoms with E-state index in [1.54, 1.807) is 0 Å². The molecule has 13 heteroatoms. The number of carbonyl (C=O) groups excluding carboxylic acids is 2. The van der Waals surface area contributed by atoms with Crippen LogP contribution >= 0.6 is 0 Å². The number of hydrogen-bond donors (Lipinski definition) is 2. The Morgan fingerprint density at radius 1 is 1.06 bits per heavy atom. The highest BCUT2D eigenvalue weighted by Crippen LogP contribution is 2.33. The maximum Gasteiger partial charge on any atom is 0.510 e. The topological polar surface area (TPSA) is 174 Å². The van der Waals surface area contributed by atoms with Gasteiger partial charge >= 0.3 is 12.3 Å². The highest BCUT2D eigenvalue weighted by molar-refractivity contribution is 6.12. The van der Waals surface area contributed by atoms with E-state index in [-0.39, 0.29) is 40.9 Å². The van der Waals surface area contributed by atoms with E-state index in [2.05, 4.69) is 10.2 Å². The number of anilines is 1. The molecular formula is C20H26N4O9. The first-order chi connectivity index (χ1) is 15.6. The number of nitrogens with zero attached hydrogens (tertiary/aromatic N) is 3. The van der Waals surface area contributed by atoms with Crippen LogP contribution in [0.1, 0.15) is 48.6 Å². The van der Waals surface area contributed by atoms with Crippen LogP contribution in [0.2, 0.25) is 0 Å². The van der Waals surface area contributed by atoms with Gasteiger partial charge in [-0.05, 0) is 18.9 Å². The maximum absolute atomic E-state index is 13.2. The molecule has 2 rings (SSSR count). The summed E-state index contributed by atoms with van der Waals surface area (Å²) in [4.78, 5) is 36.8. The van der Waals surface area contributed by atoms with Crippen LogP contribution in [0.4, 0.5) is 15.3 Å². The number of carboxylic acid groups (broad SMARTS) is 1. The Kier molecular flexibility index (Phi) is 8.42. The summed E-state index contributed by atoms with van der Waals surface area (Å²) in [5, 5.41) is 17.0. The molecule has 0 radical (unpaired) electrons. The smallest absolute Gasteiger partial charge is 0.493 e. The molecule has 33 heavy (non-hydrogen) atoms. The van der Waals surface area contributed by atoms with Crippen LogP contribution in [0.15, 0.2) is 12.1 Å². The Balaban J connectivity index is 2.38. The van der Waals surface area contributed by atoms with E-state index in [1.165, 1.54) is 33.3 Å². The van der Waals surface area contributed by atoms with E-state index in [1.807, 2.05) is 13.8 Å². The molecule has 0 saturated heterocycles. The number of nitrogen functional groups attached to an aromatic ring is 1. The predicted octanol–water partition coefficient (Wildman–Crippen LogP) is 2.63. The van der Waals surface area contributed by atoms with Crippen LogP contribution in [-0.2, 0) is 20.9 Å². The molecule has 0 fully saturated rings. The van der Waals surface area contributed by atoms with Crippen molar-refractivity contribution in [3.05, 3.63) is 29.1 Å². The first-order valence-corrected chi connectivity index (χ1v) is 9.77. The van der Waals surface area contributed by atoms with Crippen LogP contribution in [0, 0.1) is 5.92 Å². The number of rotatable bonds is 10. The first-order valence-electron chi connectivity index (χ1n) is 9.77. The van der Waals surface area contributed by atoms with Gasteiger partial charge in [0.1, 0.15) is 11.8 Å². The summed E-state index contributed by atoms with van der Waals surface area (Å²) in [6.07, 6.45) is -3.69. The van der Waals surface area contributed by atoms with Gasteiger partial charge in [-0.1, -0.05) is 13.8 Å². The summed E-state index contributed by atoms with van der Waals surface area (Å²) in [7, 11) is 2.81. The normalized spacial score (nSPS) is 11.6. The van der Waals surface area contributed by atoms with Crippen molar-refractivity contribution in [3.63, 3.8) is 0 Å². The van der Waals surface area contributed by atoms with E-state index >= 15 is 0 Å². The van der Waals surface area contributed by atoms with Crippen molar-refractivity contribution < 1.29 is 43.2 Å². The lowest BCUT2D eigenvalue weighted by Crippen LogP contribution is -2.15. The molecule has 13 nitrogen and oxygen atoms in total. The van der Waals surface area contributed by atoms with Crippen LogP contribution in [0.5, 0.6) is 11.5 Å². The molecule has 1 heterocycles. The minimum absolute atomic E-state index is 0.0146. The molecular weight excluding hydrogens is 440 g/mol. The molecule has 0 aliphatic rings. The molecule has 0 aliphatic carbocycles. The standard InChI is InChI=1S/C20H26N4O9/c1-10(2)8-31-20(28)32-9-24-22-16(11(3)33-19(26)27)17(23-24)18(25)12-6-14(29-4)15(30-5)7-13(12)21/h6-7,10-11H,8-9,21H2,1-5H3,(H,26,27). The Morgan fingerprint density at radius 2 is 1.70 bits per heavy atom. The van der Waals surface area contributed by atoms with Gasteiger partial charge in [0.05, 0.1) is 26.4 Å². The van der Waals surface area contributed by atoms with Crippen molar-refractivity contribution in [3.8, 4) is 11.5 Å². The van der Waals surface area contributed by atoms with Crippen LogP contribution in [-0.4, -0.2) is 59.0 Å². The van der Waals surface area contributed by atoms with Gasteiger partial charge in [0, 0.05) is 11.8 Å². The SMILES string of the molecule is COc1cc(N)c(C(=O)c2nn(COC(=O)OCC(C)C)nc2C(C)OC(=O)O)cc1OC. The summed E-state index contributed by atoms with van der Waals surface area (Å²) >= 11 is 0. The van der Waals surface area contributed by atoms with Gasteiger partial charge in [-0.3, -0.25) is 4.79 Å². The fraction of sp³-hybridized carbons (Fsp3) is 0.450. The van der Waals surface area contributed by atoms with E-state index in [9.17, 15) is 14.4 Å². The summed E-state index contributed by atoms with van der Waals surface area (Å²) in [6, 6.07) is 2.77. The van der Waals surface area contributed by atoms with Gasteiger partial charge in [-0.15, -0.1) is 9.90 Å². The quantitative estimate of drug-likeness (QED) is 0.298. The lowest BCUT2D eigenvalue weighted by atomic mass is 10.0. The Hall–Kier alpha value is -4.03. The molecule has 1 aromatic heterocycles. The molecule has 1 unspecified atom stereocenters. The average Bonchev–Trinajstić information content (AvgIpc) is 3.19. The zero-order valence-electron chi connectivity index (χ0n) is 18.9. The second kappa shape index (κ2) is 11.0. The number of hydrogen-bond acceptors (Lipinski definition) is 11. The van der Waals surface area contributed by atoms with Gasteiger partial charge in [-0.2, -0.15) is 5.10 Å². The molecule has 0 spiro atoms. The van der Waals surface area contributed by atoms with Gasteiger partial charge in [-0.25, -0.2) is 9.59 Å². The average molecular weight is 466 g/mol. The second-order valence-corrected chi connectivity index (χ2v) is 7.18. The molecule has 2 aromatic rings. The van der Waals surface area contributed by atoms with Crippen molar-refractivity contribution >= 4 is 23.8 Å². The Labute approximate surface area is 189 Å². The summed E-state index contributed by atoms with van der Waals surface area (Å²) < 4.78 is 24.9. The van der Waals surface area contributed by atoms with Crippen LogP contribution < -0.4 is 15.2 Å². The van der Waals surface area contributed by atoms with Crippen molar-refractivity contribution in [2.75, 3.05) is 26.6 Å². The number of aromatic nitrogens is 3. The minimum Gasteiger partial charge on any atom is -0.493 e. The minimum atomic E-state index is -1.57. The molecule has 0 saturated carbocycles. The highest BCUT2D eigenvalue weighted by atomic mass is 16.7. The van der Waals surface area contributed by atoms with Crippen LogP contribution in [0.25, 0.3) is 0 Å². The number of nitrogens with two attached hydrogens (primary N) is 1. The maximum atomic E-state index is 13.2. The van der Waals surface area contributed by atoms with E-state index < -0.39 is 30.9 Å². The lowest BCUT2D eigenvalue weighted by Gasteiger charge is -2.12. The van der Waals surface area contributed by atoms with Gasteiger partial charge < -0.3 is 34.5 Å². The van der Waals surface area contributed by atoms with E-state index in [4.69, 9.17) is 34.5 Å². The predicted molar refractivity (Wildman–Crippen MR) is 112 cm³/mol. The largest absolute Gasteiger partial charge is 0.510 e. The van der Waals surface area contributed by atoms with Crippen molar-refractivity contribution in [2.24, 2.45) is 5.92 Å². The lowest BCUT2D eigenvalue weighted by molar-refractivity contribution is 0.0200. The molecule has 1 aromatic carbocycles. The molecule has 0 amide bonds. The first kappa shape index (κ1) is 25.2. The summed E-state index contributed by atoms with van der Waals surface area (Å²) in [6.45, 7) is 4.75. The summed E-state index contributed by atoms with van der Waals surface area (Å²) in [5.41, 5.74) is 5.74. The van der Waals surface area contributed by atoms with Crippen molar-refractivity contribution in [2.45, 2.75) is 33.6 Å². The number of benzene rings is 1. The van der Waals surface area contributed by atoms with Gasteiger partial charge in [0.15, 0.2) is 17.2 Å². The van der Waals surface area contributed by atoms with E-state index in [0.29, 0.717) is 5.75 Å². The Morgan fingerprint density at radius 3 is 2.27 bits per heavy atom. The fourth-order valence-corrected chi connectivity index (χ4v) is 2.67. The highest BCUT2D eigenvalue weighted by Gasteiger charge is 2.28. The van der Waals surface area contributed by atoms with E-state index in [0.717, 1.165) is 4.80 Å². The molecule has 0 aliphatic heterocycles. The zero-order chi connectivity index (χ0) is 24.7. The zero-order valence-corrected chi connectivity index (χ0v) is 18.9. The van der Waals surface area contributed by atoms with Crippen LogP contribution in [0.3, 0.4) is 0 Å². The number of methoxy groups -OCH3 is 2. The molecule has 1 atom stereocenters. The Bertz CT molecular complexity index is 1020. The van der Waals surface area contributed by atoms with Crippen molar-refractivity contribution in [1.29, 1.82) is 0 Å². The number of carbonyl (C=O) groups is 3. The molecule has 0 bridgehead atoms. The third-order valence-corrected chi connectivity index (χ3v) is 4.19. The summed E-state index contributed by atoms with van der Waals surface area (Å²) in [5.74, 6) is -0.0172. The second-order valence-electron chi connectivity index (χ2n) is 7.18. The monoisotopic (exact) mass is 466 g/mol. The third-order valence-electron chi connectivity index (χ3n) is 4.19. The molecule has 3 N–H and O–H groups in total. The number of ketones is 1. The van der Waals surface area contributed by atoms with Gasteiger partial charge in [0.25, 0.3) is 0 Å². The fourth-order valence-electron chi connectivity index (χ4n) is 2.67. The van der Waals surface area contributed by atoms with Crippen molar-refractivity contribution in [1.82, 2.24) is 15.0 Å². The molecule has 180 valence electrons. The third kappa shape index (κ3) is 6.48. The van der Waals surface area contributed by atoms with Gasteiger partial charge in [0.2, 0.25) is 12.5 Å². The number of ether oxygens (including phenoxy) is 5.